The van der Waals surface area contributed by atoms with E-state index in [0.29, 0.717) is 22.9 Å². The molecule has 3 aromatic rings. The number of aryl methyl sites for hydroxylation is 2. The predicted octanol–water partition coefficient (Wildman–Crippen LogP) is 6.33. The summed E-state index contributed by atoms with van der Waals surface area (Å²) >= 11 is 1.25. The highest BCUT2D eigenvalue weighted by Gasteiger charge is 2.17. The van der Waals surface area contributed by atoms with E-state index in [0.717, 1.165) is 33.5 Å². The topological polar surface area (TPSA) is 68.0 Å². The number of aromatic nitrogens is 2. The van der Waals surface area contributed by atoms with Gasteiger partial charge in [0, 0.05) is 11.3 Å². The Kier molecular flexibility index (Phi) is 6.98. The van der Waals surface area contributed by atoms with E-state index in [9.17, 15) is 4.79 Å². The summed E-state index contributed by atoms with van der Waals surface area (Å²) in [6.45, 7) is 12.6. The molecule has 30 heavy (non-hydrogen) atoms. The maximum absolute atomic E-state index is 12.7. The van der Waals surface area contributed by atoms with Crippen LogP contribution in [0.2, 0.25) is 0 Å². The molecule has 6 heteroatoms. The molecule has 0 bridgehead atoms. The highest BCUT2D eigenvalue weighted by Crippen LogP contribution is 2.33. The summed E-state index contributed by atoms with van der Waals surface area (Å²) in [4.78, 5) is 12.7. The van der Waals surface area contributed by atoms with E-state index < -0.39 is 0 Å². The van der Waals surface area contributed by atoms with Crippen LogP contribution < -0.4 is 5.32 Å². The maximum Gasteiger partial charge on any atom is 0.277 e. The highest BCUT2D eigenvalue weighted by molar-refractivity contribution is 7.99. The van der Waals surface area contributed by atoms with Crippen LogP contribution in [0.5, 0.6) is 0 Å². The Morgan fingerprint density at radius 2 is 1.60 bits per heavy atom. The van der Waals surface area contributed by atoms with Crippen LogP contribution in [0, 0.1) is 13.8 Å². The Bertz CT molecular complexity index is 994. The van der Waals surface area contributed by atoms with Crippen LogP contribution in [0.15, 0.2) is 46.0 Å². The lowest BCUT2D eigenvalue weighted by atomic mass is 9.92. The van der Waals surface area contributed by atoms with Crippen LogP contribution in [-0.4, -0.2) is 21.9 Å². The molecular weight excluding hydrogens is 394 g/mol. The number of thioether (sulfide) groups is 1. The number of nitrogens with one attached hydrogen (secondary N) is 1. The number of hydrogen-bond donors (Lipinski definition) is 1. The molecule has 0 saturated heterocycles. The fraction of sp³-hybridized carbons (Fsp3) is 0.375. The second kappa shape index (κ2) is 9.47. The molecule has 1 aromatic heterocycles. The lowest BCUT2D eigenvalue weighted by Gasteiger charge is -2.20. The van der Waals surface area contributed by atoms with E-state index in [1.54, 1.807) is 0 Å². The van der Waals surface area contributed by atoms with Crippen LogP contribution >= 0.6 is 11.8 Å². The first-order chi connectivity index (χ1) is 14.2. The lowest BCUT2D eigenvalue weighted by Crippen LogP contribution is -2.17. The molecule has 0 saturated carbocycles. The zero-order chi connectivity index (χ0) is 21.8. The van der Waals surface area contributed by atoms with Gasteiger partial charge < -0.3 is 9.73 Å². The van der Waals surface area contributed by atoms with Crippen molar-refractivity contribution in [3.63, 3.8) is 0 Å². The number of hydrogen-bond acceptors (Lipinski definition) is 5. The first-order valence-corrected chi connectivity index (χ1v) is 11.2. The van der Waals surface area contributed by atoms with Gasteiger partial charge in [0.1, 0.15) is 0 Å². The van der Waals surface area contributed by atoms with Crippen molar-refractivity contribution in [2.24, 2.45) is 0 Å². The molecule has 0 aliphatic rings. The van der Waals surface area contributed by atoms with Crippen molar-refractivity contribution in [3.8, 4) is 11.5 Å². The van der Waals surface area contributed by atoms with Crippen LogP contribution in [0.4, 0.5) is 5.69 Å². The van der Waals surface area contributed by atoms with Gasteiger partial charge in [-0.2, -0.15) is 0 Å². The minimum absolute atomic E-state index is 0.0823. The third-order valence-electron chi connectivity index (χ3n) is 4.84. The predicted molar refractivity (Wildman–Crippen MR) is 123 cm³/mol. The standard InChI is InChI=1S/C24H29N3O2S/c1-14(2)19-8-7-9-20(15(3)4)22(19)25-21(28)13-30-24-27-26-23(29-24)18-11-16(5)10-17(6)12-18/h7-12,14-15H,13H2,1-6H3,(H,25,28). The number of nitrogens with zero attached hydrogens (tertiary/aromatic N) is 2. The number of carbonyl (C=O) groups excluding carboxylic acids is 1. The van der Waals surface area contributed by atoms with Gasteiger partial charge in [-0.1, -0.05) is 74.8 Å². The zero-order valence-electron chi connectivity index (χ0n) is 18.4. The van der Waals surface area contributed by atoms with E-state index in [1.807, 2.05) is 26.0 Å². The molecule has 0 aliphatic heterocycles. The van der Waals surface area contributed by atoms with Crippen molar-refractivity contribution in [2.45, 2.75) is 58.6 Å². The summed E-state index contributed by atoms with van der Waals surface area (Å²) < 4.78 is 5.76. The Hall–Kier alpha value is -2.60. The fourth-order valence-electron chi connectivity index (χ4n) is 3.48. The number of para-hydroxylation sites is 1. The molecule has 0 unspecified atom stereocenters. The molecule has 0 atom stereocenters. The summed E-state index contributed by atoms with van der Waals surface area (Å²) in [5.74, 6) is 1.24. The molecule has 0 radical (unpaired) electrons. The Labute approximate surface area is 182 Å². The highest BCUT2D eigenvalue weighted by atomic mass is 32.2. The lowest BCUT2D eigenvalue weighted by molar-refractivity contribution is -0.113. The SMILES string of the molecule is Cc1cc(C)cc(-c2nnc(SCC(=O)Nc3c(C(C)C)cccc3C(C)C)o2)c1. The van der Waals surface area contributed by atoms with Gasteiger partial charge >= 0.3 is 0 Å². The van der Waals surface area contributed by atoms with Crippen LogP contribution in [0.1, 0.15) is 61.8 Å². The third kappa shape index (κ3) is 5.30. The first kappa shape index (κ1) is 22.1. The van der Waals surface area contributed by atoms with Gasteiger partial charge in [-0.15, -0.1) is 10.2 Å². The average molecular weight is 424 g/mol. The van der Waals surface area contributed by atoms with Crippen LogP contribution in [0.25, 0.3) is 11.5 Å². The number of amides is 1. The van der Waals surface area contributed by atoms with Gasteiger partial charge in [-0.25, -0.2) is 0 Å². The monoisotopic (exact) mass is 423 g/mol. The summed E-state index contributed by atoms with van der Waals surface area (Å²) in [5, 5.41) is 11.7. The van der Waals surface area contributed by atoms with E-state index in [-0.39, 0.29) is 11.7 Å². The van der Waals surface area contributed by atoms with Gasteiger partial charge in [0.2, 0.25) is 11.8 Å². The van der Waals surface area contributed by atoms with E-state index in [1.165, 1.54) is 11.8 Å². The van der Waals surface area contributed by atoms with Gasteiger partial charge in [0.15, 0.2) is 0 Å². The summed E-state index contributed by atoms with van der Waals surface area (Å²) in [6.07, 6.45) is 0. The smallest absolute Gasteiger partial charge is 0.277 e. The largest absolute Gasteiger partial charge is 0.411 e. The normalized spacial score (nSPS) is 11.3. The molecule has 1 amide bonds. The van der Waals surface area contributed by atoms with Crippen molar-refractivity contribution in [2.75, 3.05) is 11.1 Å². The van der Waals surface area contributed by atoms with E-state index in [4.69, 9.17) is 4.42 Å². The molecule has 0 aliphatic carbocycles. The minimum Gasteiger partial charge on any atom is -0.411 e. The molecule has 0 fully saturated rings. The molecular formula is C24H29N3O2S. The average Bonchev–Trinajstić information content (AvgIpc) is 3.14. The van der Waals surface area contributed by atoms with Gasteiger partial charge in [-0.05, 0) is 48.9 Å². The molecule has 5 nitrogen and oxygen atoms in total. The minimum atomic E-state index is -0.0823. The first-order valence-electron chi connectivity index (χ1n) is 10.2. The van der Waals surface area contributed by atoms with Crippen LogP contribution in [0.3, 0.4) is 0 Å². The third-order valence-corrected chi connectivity index (χ3v) is 5.66. The second-order valence-corrected chi connectivity index (χ2v) is 9.13. The number of benzene rings is 2. The number of carbonyl (C=O) groups is 1. The second-order valence-electron chi connectivity index (χ2n) is 8.21. The van der Waals surface area contributed by atoms with Crippen molar-refractivity contribution >= 4 is 23.4 Å². The summed E-state index contributed by atoms with van der Waals surface area (Å²) in [6, 6.07) is 12.3. The number of anilines is 1. The van der Waals surface area contributed by atoms with E-state index in [2.05, 4.69) is 67.5 Å². The molecule has 0 spiro atoms. The molecule has 1 heterocycles. The molecule has 1 N–H and O–H groups in total. The van der Waals surface area contributed by atoms with Crippen molar-refractivity contribution in [1.82, 2.24) is 10.2 Å². The van der Waals surface area contributed by atoms with E-state index >= 15 is 0 Å². The molecule has 2 aromatic carbocycles. The van der Waals surface area contributed by atoms with Gasteiger partial charge in [0.25, 0.3) is 5.22 Å². The Morgan fingerprint density at radius 3 is 2.17 bits per heavy atom. The maximum atomic E-state index is 12.7. The molecule has 158 valence electrons. The Morgan fingerprint density at radius 1 is 1.00 bits per heavy atom. The van der Waals surface area contributed by atoms with Crippen molar-refractivity contribution < 1.29 is 9.21 Å². The van der Waals surface area contributed by atoms with Gasteiger partial charge in [0.05, 0.1) is 5.75 Å². The number of rotatable bonds is 7. The fourth-order valence-corrected chi connectivity index (χ4v) is 4.04. The molecule has 3 rings (SSSR count). The summed E-state index contributed by atoms with van der Waals surface area (Å²) in [5.41, 5.74) is 6.39. The Balaban J connectivity index is 1.70. The van der Waals surface area contributed by atoms with Crippen LogP contribution in [-0.2, 0) is 4.79 Å². The quantitative estimate of drug-likeness (QED) is 0.450. The van der Waals surface area contributed by atoms with Crippen molar-refractivity contribution in [3.05, 3.63) is 58.7 Å². The van der Waals surface area contributed by atoms with Crippen molar-refractivity contribution in [1.29, 1.82) is 0 Å². The van der Waals surface area contributed by atoms with Gasteiger partial charge in [-0.3, -0.25) is 4.79 Å². The zero-order valence-corrected chi connectivity index (χ0v) is 19.3. The summed E-state index contributed by atoms with van der Waals surface area (Å²) in [7, 11) is 0.